The molecule has 0 fully saturated rings. The predicted molar refractivity (Wildman–Crippen MR) is 224 cm³/mol. The molecule has 53 heavy (non-hydrogen) atoms. The van der Waals surface area contributed by atoms with E-state index < -0.39 is 0 Å². The number of ketones is 1. The smallest absolute Gasteiger partial charge is 0.164 e. The van der Waals surface area contributed by atoms with Gasteiger partial charge in [-0.25, -0.2) is 0 Å². The van der Waals surface area contributed by atoms with E-state index >= 15 is 0 Å². The average Bonchev–Trinajstić information content (AvgIpc) is 3.43. The summed E-state index contributed by atoms with van der Waals surface area (Å²) in [4.78, 5) is 18.3. The van der Waals surface area contributed by atoms with Crippen LogP contribution in [0, 0.1) is 29.7 Å². The van der Waals surface area contributed by atoms with Gasteiger partial charge in [0.05, 0.1) is 0 Å². The second-order valence-electron chi connectivity index (χ2n) is 16.3. The van der Waals surface area contributed by atoms with Gasteiger partial charge in [-0.3, -0.25) is 9.78 Å². The van der Waals surface area contributed by atoms with E-state index in [1.165, 1.54) is 32.9 Å². The van der Waals surface area contributed by atoms with Crippen LogP contribution in [0.15, 0.2) is 72.6 Å². The molecular formula is C47H60IrNO3S-. The summed E-state index contributed by atoms with van der Waals surface area (Å²) in [6.45, 7) is 25.5. The average molecular weight is 911 g/mol. The standard InChI is InChI=1S/C32H32NOS.C15H28O2.Ir/c1-19(2)16-26-20(3)35-31-24(26)13-14-28(34)29(31)25-12-9-15-33-30(25)22-17-21-10-7-8-11-23(21)27(18-22)32(4,5)6;1-7-14(5,8-2)12(16)11-13(17)15(6,9-3)10-4;/h7-15,18-19,34H,16H2,1-6H3;11,16H,7-10H2,1-6H3;/q-1;;/b;12-11-;. The Balaban J connectivity index is 0.000000359. The maximum absolute atomic E-state index is 12.2. The van der Waals surface area contributed by atoms with Crippen LogP contribution in [-0.2, 0) is 36.7 Å². The van der Waals surface area contributed by atoms with Crippen LogP contribution in [0.3, 0.4) is 0 Å². The summed E-state index contributed by atoms with van der Waals surface area (Å²) in [6.07, 6.45) is 7.62. The number of hydrogen-bond donors (Lipinski definition) is 2. The number of phenolic OH excluding ortho intramolecular Hbond substituents is 1. The molecule has 0 aliphatic heterocycles. The van der Waals surface area contributed by atoms with E-state index in [1.807, 2.05) is 59.9 Å². The number of aliphatic hydroxyl groups excluding tert-OH is 1. The fraction of sp³-hybridized carbons (Fsp3) is 0.447. The largest absolute Gasteiger partial charge is 0.512 e. The summed E-state index contributed by atoms with van der Waals surface area (Å²) >= 11 is 1.77. The van der Waals surface area contributed by atoms with Crippen LogP contribution in [0.1, 0.15) is 118 Å². The summed E-state index contributed by atoms with van der Waals surface area (Å²) in [5.74, 6) is 1.15. The third kappa shape index (κ3) is 9.50. The first kappa shape index (κ1) is 44.1. The van der Waals surface area contributed by atoms with E-state index in [9.17, 15) is 15.0 Å². The van der Waals surface area contributed by atoms with Crippen molar-refractivity contribution in [1.82, 2.24) is 4.98 Å². The van der Waals surface area contributed by atoms with E-state index in [4.69, 9.17) is 4.98 Å². The second kappa shape index (κ2) is 17.9. The number of hydrogen-bond acceptors (Lipinski definition) is 5. The Morgan fingerprint density at radius 3 is 2.09 bits per heavy atom. The summed E-state index contributed by atoms with van der Waals surface area (Å²) in [5.41, 5.74) is 5.64. The number of phenols is 1. The molecule has 2 heterocycles. The van der Waals surface area contributed by atoms with Crippen LogP contribution >= 0.6 is 11.3 Å². The second-order valence-corrected chi connectivity index (χ2v) is 17.5. The minimum Gasteiger partial charge on any atom is -0.512 e. The van der Waals surface area contributed by atoms with Crippen LogP contribution in [0.25, 0.3) is 43.2 Å². The Morgan fingerprint density at radius 1 is 0.887 bits per heavy atom. The SMILES string of the molecule is CCC(C)(CC)C(=O)/C=C(\O)C(C)(CC)CC.Cc1sc2c(-c3cccnc3-c3[c-]c4ccccc4c(C(C)(C)C)c3)c(O)ccc2c1CC(C)C.[Ir]. The molecular weight excluding hydrogens is 851 g/mol. The number of carbonyl (C=O) groups excluding carboxylic acids is 1. The number of pyridine rings is 1. The molecule has 287 valence electrons. The summed E-state index contributed by atoms with van der Waals surface area (Å²) in [6, 6.07) is 22.3. The van der Waals surface area contributed by atoms with Gasteiger partial charge >= 0.3 is 0 Å². The molecule has 0 spiro atoms. The van der Waals surface area contributed by atoms with Gasteiger partial charge in [-0.05, 0) is 85.1 Å². The third-order valence-electron chi connectivity index (χ3n) is 11.3. The maximum atomic E-state index is 12.2. The van der Waals surface area contributed by atoms with Crippen molar-refractivity contribution in [1.29, 1.82) is 0 Å². The fourth-order valence-electron chi connectivity index (χ4n) is 6.73. The van der Waals surface area contributed by atoms with Gasteiger partial charge in [-0.2, -0.15) is 0 Å². The Kier molecular flexibility index (Phi) is 14.9. The normalized spacial score (nSPS) is 12.5. The van der Waals surface area contributed by atoms with Crippen molar-refractivity contribution < 1.29 is 35.1 Å². The van der Waals surface area contributed by atoms with E-state index in [2.05, 4.69) is 90.1 Å². The number of fused-ring (bicyclic) bond motifs is 2. The Labute approximate surface area is 336 Å². The first-order valence-corrected chi connectivity index (χ1v) is 19.9. The van der Waals surface area contributed by atoms with Crippen molar-refractivity contribution in [3.63, 3.8) is 0 Å². The molecule has 0 atom stereocenters. The zero-order valence-electron chi connectivity index (χ0n) is 34.0. The van der Waals surface area contributed by atoms with Gasteiger partial charge in [0.2, 0.25) is 0 Å². The number of allylic oxidation sites excluding steroid dienone is 2. The van der Waals surface area contributed by atoms with E-state index in [0.717, 1.165) is 64.6 Å². The molecule has 0 unspecified atom stereocenters. The van der Waals surface area contributed by atoms with Crippen molar-refractivity contribution in [3.05, 3.63) is 94.7 Å². The topological polar surface area (TPSA) is 70.4 Å². The fourth-order valence-corrected chi connectivity index (χ4v) is 7.97. The molecule has 2 N–H and O–H groups in total. The molecule has 0 bridgehead atoms. The molecule has 0 aliphatic carbocycles. The zero-order chi connectivity index (χ0) is 38.6. The van der Waals surface area contributed by atoms with E-state index in [-0.39, 0.29) is 47.9 Å². The first-order valence-electron chi connectivity index (χ1n) is 19.0. The molecule has 2 aromatic heterocycles. The van der Waals surface area contributed by atoms with Crippen molar-refractivity contribution in [2.45, 2.75) is 121 Å². The van der Waals surface area contributed by atoms with Gasteiger partial charge in [0, 0.05) is 64.0 Å². The molecule has 0 aliphatic rings. The number of aliphatic hydroxyl groups is 1. The Bertz CT molecular complexity index is 2060. The summed E-state index contributed by atoms with van der Waals surface area (Å²) in [7, 11) is 0. The van der Waals surface area contributed by atoms with Crippen LogP contribution in [0.5, 0.6) is 5.75 Å². The number of thiophene rings is 1. The van der Waals surface area contributed by atoms with Crippen molar-refractivity contribution >= 4 is 38.0 Å². The van der Waals surface area contributed by atoms with Gasteiger partial charge in [-0.1, -0.05) is 111 Å². The molecule has 4 nitrogen and oxygen atoms in total. The van der Waals surface area contributed by atoms with Gasteiger partial charge in [0.1, 0.15) is 11.5 Å². The first-order chi connectivity index (χ1) is 24.4. The number of aryl methyl sites for hydroxylation is 1. The quantitative estimate of drug-likeness (QED) is 0.0787. The Hall–Kier alpha value is -3.31. The number of rotatable bonds is 11. The Morgan fingerprint density at radius 2 is 1.51 bits per heavy atom. The summed E-state index contributed by atoms with van der Waals surface area (Å²) in [5, 5.41) is 24.8. The van der Waals surface area contributed by atoms with E-state index in [0.29, 0.717) is 11.7 Å². The van der Waals surface area contributed by atoms with Crippen LogP contribution in [0.2, 0.25) is 0 Å². The predicted octanol–water partition coefficient (Wildman–Crippen LogP) is 13.7. The van der Waals surface area contributed by atoms with E-state index in [1.54, 1.807) is 11.3 Å². The minimum absolute atomic E-state index is 0. The zero-order valence-corrected chi connectivity index (χ0v) is 37.2. The van der Waals surface area contributed by atoms with Crippen molar-refractivity contribution in [2.24, 2.45) is 16.7 Å². The monoisotopic (exact) mass is 911 g/mol. The third-order valence-corrected chi connectivity index (χ3v) is 12.5. The van der Waals surface area contributed by atoms with Crippen LogP contribution in [0.4, 0.5) is 0 Å². The molecule has 0 amide bonds. The van der Waals surface area contributed by atoms with Crippen molar-refractivity contribution in [3.8, 4) is 28.1 Å². The number of carbonyl (C=O) groups is 1. The molecule has 6 heteroatoms. The number of aromatic hydroxyl groups is 1. The van der Waals surface area contributed by atoms with Crippen molar-refractivity contribution in [2.75, 3.05) is 0 Å². The molecule has 0 saturated carbocycles. The molecule has 3 aromatic carbocycles. The molecule has 0 saturated heterocycles. The van der Waals surface area contributed by atoms with Crippen LogP contribution in [-0.4, -0.2) is 21.0 Å². The minimum atomic E-state index is -0.337. The van der Waals surface area contributed by atoms with Gasteiger partial charge in [0.25, 0.3) is 0 Å². The number of benzene rings is 3. The van der Waals surface area contributed by atoms with Gasteiger partial charge < -0.3 is 10.2 Å². The maximum Gasteiger partial charge on any atom is 0.164 e. The number of aromatic nitrogens is 1. The van der Waals surface area contributed by atoms with Crippen LogP contribution < -0.4 is 0 Å². The molecule has 5 aromatic rings. The number of nitrogens with zero attached hydrogens (tertiary/aromatic N) is 1. The molecule has 1 radical (unpaired) electrons. The molecule has 5 rings (SSSR count). The summed E-state index contributed by atoms with van der Waals surface area (Å²) < 4.78 is 1.13. The van der Waals surface area contributed by atoms with Gasteiger partial charge in [0.15, 0.2) is 5.78 Å². The van der Waals surface area contributed by atoms with Gasteiger partial charge in [-0.15, -0.1) is 40.5 Å².